The Morgan fingerprint density at radius 3 is 1.91 bits per heavy atom. The summed E-state index contributed by atoms with van der Waals surface area (Å²) < 4.78 is 129. The van der Waals surface area contributed by atoms with E-state index in [-0.39, 0.29) is 27.9 Å². The quantitative estimate of drug-likeness (QED) is 0.152. The molecule has 0 aliphatic rings. The van der Waals surface area contributed by atoms with Crippen LogP contribution in [0.15, 0.2) is 84.0 Å². The molecule has 0 aliphatic carbocycles. The molecule has 0 unspecified atom stereocenters. The molecule has 0 saturated carbocycles. The number of anilines is 2. The summed E-state index contributed by atoms with van der Waals surface area (Å²) in [6.07, 6.45) is -11.0. The number of hydrogen-bond donors (Lipinski definition) is 4. The van der Waals surface area contributed by atoms with Crippen molar-refractivity contribution in [2.24, 2.45) is 0 Å². The van der Waals surface area contributed by atoms with Gasteiger partial charge >= 0.3 is 30.5 Å². The number of carboxylic acids is 2. The molecule has 13 nitrogen and oxygen atoms in total. The van der Waals surface area contributed by atoms with Gasteiger partial charge < -0.3 is 21.3 Å². The zero-order valence-electron chi connectivity index (χ0n) is 26.1. The third-order valence-corrected chi connectivity index (χ3v) is 7.50. The number of nitrogen functional groups attached to an aromatic ring is 1. The Labute approximate surface area is 290 Å². The zero-order chi connectivity index (χ0) is 40.1. The van der Waals surface area contributed by atoms with E-state index >= 15 is 0 Å². The van der Waals surface area contributed by atoms with E-state index in [1.54, 1.807) is 30.3 Å². The van der Waals surface area contributed by atoms with E-state index in [4.69, 9.17) is 25.5 Å². The van der Waals surface area contributed by atoms with Gasteiger partial charge in [0.05, 0.1) is 10.6 Å². The summed E-state index contributed by atoms with van der Waals surface area (Å²) in [4.78, 5) is 39.0. The maximum absolute atomic E-state index is 13.5. The van der Waals surface area contributed by atoms with Gasteiger partial charge in [0, 0.05) is 41.2 Å². The van der Waals surface area contributed by atoms with E-state index in [1.807, 2.05) is 0 Å². The van der Waals surface area contributed by atoms with E-state index in [9.17, 15) is 52.7 Å². The van der Waals surface area contributed by atoms with Crippen LogP contribution in [0, 0.1) is 0 Å². The molecule has 5 N–H and O–H groups in total. The molecule has 3 heterocycles. The van der Waals surface area contributed by atoms with Gasteiger partial charge in [0.2, 0.25) is 0 Å². The van der Waals surface area contributed by atoms with Gasteiger partial charge in [-0.05, 0) is 35.7 Å². The second kappa shape index (κ2) is 15.5. The van der Waals surface area contributed by atoms with Crippen LogP contribution in [-0.2, 0) is 25.6 Å². The SMILES string of the molecule is CS(=O)(=O)c1ccccc1-c1ccc(C(=O)Nc2cc(C(F)(F)F)nn2-c2ccc3ccnc(N)c3c2)nc1.O=C(O)C(F)(F)F.O=C(O)C(F)(F)F. The van der Waals surface area contributed by atoms with Crippen molar-refractivity contribution in [1.29, 1.82) is 0 Å². The van der Waals surface area contributed by atoms with Gasteiger partial charge in [-0.3, -0.25) is 9.78 Å². The van der Waals surface area contributed by atoms with Crippen LogP contribution in [0.3, 0.4) is 0 Å². The number of nitrogens with two attached hydrogens (primary N) is 1. The molecule has 0 atom stereocenters. The summed E-state index contributed by atoms with van der Waals surface area (Å²) in [7, 11) is -3.53. The molecule has 3 aromatic heterocycles. The number of fused-ring (bicyclic) bond motifs is 1. The summed E-state index contributed by atoms with van der Waals surface area (Å²) in [6.45, 7) is 0. The summed E-state index contributed by atoms with van der Waals surface area (Å²) in [5.74, 6) is -6.37. The number of halogens is 9. The van der Waals surface area contributed by atoms with Crippen molar-refractivity contribution in [2.75, 3.05) is 17.3 Å². The van der Waals surface area contributed by atoms with E-state index < -0.39 is 51.9 Å². The molecule has 53 heavy (non-hydrogen) atoms. The number of pyridine rings is 2. The van der Waals surface area contributed by atoms with E-state index in [0.29, 0.717) is 22.6 Å². The number of sulfone groups is 1. The van der Waals surface area contributed by atoms with Crippen LogP contribution in [0.5, 0.6) is 0 Å². The summed E-state index contributed by atoms with van der Waals surface area (Å²) in [5, 5.41) is 21.6. The normalized spacial score (nSPS) is 11.8. The molecule has 0 spiro atoms. The molecule has 23 heteroatoms. The smallest absolute Gasteiger partial charge is 0.475 e. The Balaban J connectivity index is 0.000000458. The Bertz CT molecular complexity index is 2230. The first-order valence-corrected chi connectivity index (χ1v) is 15.7. The molecule has 1 amide bonds. The average molecular weight is 781 g/mol. The monoisotopic (exact) mass is 780 g/mol. The number of hydrogen-bond acceptors (Lipinski definition) is 9. The van der Waals surface area contributed by atoms with Gasteiger partial charge in [0.25, 0.3) is 5.91 Å². The fourth-order valence-electron chi connectivity index (χ4n) is 4.01. The fraction of sp³-hybridized carbons (Fsp3) is 0.133. The molecular formula is C30H21F9N6O7S. The zero-order valence-corrected chi connectivity index (χ0v) is 26.9. The van der Waals surface area contributed by atoms with Crippen LogP contribution in [0.4, 0.5) is 51.1 Å². The summed E-state index contributed by atoms with van der Waals surface area (Å²) >= 11 is 0. The lowest BCUT2D eigenvalue weighted by Gasteiger charge is -2.11. The maximum Gasteiger partial charge on any atom is 0.490 e. The molecule has 0 radical (unpaired) electrons. The third-order valence-electron chi connectivity index (χ3n) is 6.35. The van der Waals surface area contributed by atoms with Gasteiger partial charge in [-0.15, -0.1) is 0 Å². The molecular weight excluding hydrogens is 759 g/mol. The first kappa shape index (κ1) is 41.2. The average Bonchev–Trinajstić information content (AvgIpc) is 3.49. The maximum atomic E-state index is 13.5. The van der Waals surface area contributed by atoms with Gasteiger partial charge in [-0.25, -0.2) is 27.7 Å². The topological polar surface area (TPSA) is 207 Å². The van der Waals surface area contributed by atoms with Crippen molar-refractivity contribution in [3.63, 3.8) is 0 Å². The number of amides is 1. The minimum Gasteiger partial charge on any atom is -0.475 e. The summed E-state index contributed by atoms with van der Waals surface area (Å²) in [5.41, 5.74) is 5.67. The molecule has 0 aliphatic heterocycles. The number of rotatable bonds is 5. The van der Waals surface area contributed by atoms with E-state index in [0.717, 1.165) is 16.3 Å². The minimum atomic E-state index is -5.08. The van der Waals surface area contributed by atoms with Crippen LogP contribution in [0.2, 0.25) is 0 Å². The van der Waals surface area contributed by atoms with Crippen molar-refractivity contribution >= 4 is 50.1 Å². The number of carbonyl (C=O) groups is 3. The number of benzene rings is 2. The van der Waals surface area contributed by atoms with Crippen LogP contribution < -0.4 is 11.1 Å². The number of nitrogens with one attached hydrogen (secondary N) is 1. The number of carbonyl (C=O) groups excluding carboxylic acids is 1. The Morgan fingerprint density at radius 2 is 1.40 bits per heavy atom. The van der Waals surface area contributed by atoms with Crippen LogP contribution >= 0.6 is 0 Å². The molecule has 282 valence electrons. The van der Waals surface area contributed by atoms with E-state index in [1.165, 1.54) is 42.7 Å². The van der Waals surface area contributed by atoms with Crippen molar-refractivity contribution < 1.29 is 72.5 Å². The first-order valence-electron chi connectivity index (χ1n) is 13.8. The third kappa shape index (κ3) is 10.9. The highest BCUT2D eigenvalue weighted by Gasteiger charge is 2.39. The number of carboxylic acid groups (broad SMARTS) is 2. The second-order valence-corrected chi connectivity index (χ2v) is 12.2. The van der Waals surface area contributed by atoms with Crippen molar-refractivity contribution in [3.05, 3.63) is 90.5 Å². The molecule has 5 rings (SSSR count). The Morgan fingerprint density at radius 1 is 0.811 bits per heavy atom. The standard InChI is InChI=1S/C26H19F3N6O3S.2C2HF3O2/c1-39(37,38)21-5-3-2-4-18(21)16-7-9-20(32-14-16)25(36)33-23-13-22(26(27,28)29)34-35(23)17-8-6-15-10-11-31-24(30)19(15)12-17;2*3-2(4,5)1(6)7/h2-14H,1H3,(H2,30,31)(H,33,36);2*(H,6,7). The number of alkyl halides is 9. The Hall–Kier alpha value is -6.26. The van der Waals surface area contributed by atoms with Crippen LogP contribution in [0.1, 0.15) is 16.2 Å². The fourth-order valence-corrected chi connectivity index (χ4v) is 4.92. The highest BCUT2D eigenvalue weighted by Crippen LogP contribution is 2.33. The number of aliphatic carboxylic acids is 2. The Kier molecular flexibility index (Phi) is 12.1. The van der Waals surface area contributed by atoms with Crippen molar-refractivity contribution in [3.8, 4) is 16.8 Å². The van der Waals surface area contributed by atoms with Gasteiger partial charge in [-0.2, -0.15) is 44.6 Å². The van der Waals surface area contributed by atoms with Crippen LogP contribution in [-0.4, -0.2) is 74.8 Å². The lowest BCUT2D eigenvalue weighted by atomic mass is 10.1. The second-order valence-electron chi connectivity index (χ2n) is 10.2. The van der Waals surface area contributed by atoms with Crippen molar-refractivity contribution in [1.82, 2.24) is 19.7 Å². The minimum absolute atomic E-state index is 0.0961. The van der Waals surface area contributed by atoms with Crippen molar-refractivity contribution in [2.45, 2.75) is 23.4 Å². The highest BCUT2D eigenvalue weighted by atomic mass is 32.2. The van der Waals surface area contributed by atoms with Gasteiger partial charge in [0.15, 0.2) is 15.5 Å². The molecule has 0 bridgehead atoms. The van der Waals surface area contributed by atoms with Crippen LogP contribution in [0.25, 0.3) is 27.6 Å². The predicted molar refractivity (Wildman–Crippen MR) is 166 cm³/mol. The van der Waals surface area contributed by atoms with Gasteiger partial charge in [-0.1, -0.05) is 30.3 Å². The summed E-state index contributed by atoms with van der Waals surface area (Å²) in [6, 6.07) is 16.3. The molecule has 5 aromatic rings. The molecule has 0 fully saturated rings. The lowest BCUT2D eigenvalue weighted by Crippen LogP contribution is -2.21. The first-order chi connectivity index (χ1) is 24.3. The number of nitrogens with zero attached hydrogens (tertiary/aromatic N) is 4. The largest absolute Gasteiger partial charge is 0.490 e. The lowest BCUT2D eigenvalue weighted by molar-refractivity contribution is -0.193. The van der Waals surface area contributed by atoms with Gasteiger partial charge in [0.1, 0.15) is 17.3 Å². The highest BCUT2D eigenvalue weighted by molar-refractivity contribution is 7.90. The predicted octanol–water partition coefficient (Wildman–Crippen LogP) is 6.01. The van der Waals surface area contributed by atoms with E-state index in [2.05, 4.69) is 20.4 Å². The molecule has 2 aromatic carbocycles. The number of aromatic nitrogens is 4. The molecule has 0 saturated heterocycles.